The Hall–Kier alpha value is -3.26. The molecule has 8 heteroatoms. The summed E-state index contributed by atoms with van der Waals surface area (Å²) in [5.41, 5.74) is 1.02. The lowest BCUT2D eigenvalue weighted by Gasteiger charge is -2.27. The number of carbonyl (C=O) groups is 1. The molecule has 3 aromatic rings. The van der Waals surface area contributed by atoms with Crippen LogP contribution in [0, 0.1) is 5.92 Å². The van der Waals surface area contributed by atoms with Crippen LogP contribution in [0.25, 0.3) is 10.8 Å². The number of cyclic esters (lactones) is 1. The Morgan fingerprint density at radius 2 is 1.88 bits per heavy atom. The molecule has 8 nitrogen and oxygen atoms in total. The van der Waals surface area contributed by atoms with Crippen LogP contribution >= 0.6 is 0 Å². The Balaban J connectivity index is 1.39. The van der Waals surface area contributed by atoms with Crippen LogP contribution in [0.4, 0.5) is 11.6 Å². The van der Waals surface area contributed by atoms with Gasteiger partial charge in [-0.05, 0) is 69.0 Å². The van der Waals surface area contributed by atoms with Gasteiger partial charge in [0.1, 0.15) is 23.8 Å². The van der Waals surface area contributed by atoms with Gasteiger partial charge in [0.05, 0.1) is 22.2 Å². The number of fused-ring (bicyclic) bond motifs is 2. The van der Waals surface area contributed by atoms with E-state index in [9.17, 15) is 9.90 Å². The van der Waals surface area contributed by atoms with Gasteiger partial charge in [0, 0.05) is 23.9 Å². The number of hydrogen-bond donors (Lipinski definition) is 2. The van der Waals surface area contributed by atoms with Crippen LogP contribution < -0.4 is 10.1 Å². The van der Waals surface area contributed by atoms with E-state index >= 15 is 0 Å². The molecule has 176 valence electrons. The highest BCUT2D eigenvalue weighted by atomic mass is 16.5. The average Bonchev–Trinajstić information content (AvgIpc) is 3.71. The van der Waals surface area contributed by atoms with Gasteiger partial charge in [-0.3, -0.25) is 0 Å². The van der Waals surface area contributed by atoms with Crippen molar-refractivity contribution in [1.29, 1.82) is 0 Å². The van der Waals surface area contributed by atoms with Gasteiger partial charge >= 0.3 is 5.97 Å². The molecule has 3 atom stereocenters. The maximum Gasteiger partial charge on any atom is 0.340 e. The second kappa shape index (κ2) is 7.63. The quantitative estimate of drug-likeness (QED) is 0.515. The molecule has 1 aliphatic heterocycles. The fourth-order valence-electron chi connectivity index (χ4n) is 4.64. The Kier molecular flexibility index (Phi) is 4.78. The minimum Gasteiger partial charge on any atom is -0.474 e. The number of aromatic nitrogens is 3. The molecule has 0 spiro atoms. The Morgan fingerprint density at radius 1 is 1.09 bits per heavy atom. The fourth-order valence-corrected chi connectivity index (χ4v) is 4.64. The van der Waals surface area contributed by atoms with Crippen molar-refractivity contribution in [3.8, 4) is 5.88 Å². The number of pyridine rings is 3. The van der Waals surface area contributed by atoms with Crippen molar-refractivity contribution < 1.29 is 19.4 Å². The van der Waals surface area contributed by atoms with Crippen molar-refractivity contribution in [2.24, 2.45) is 5.92 Å². The van der Waals surface area contributed by atoms with Crippen LogP contribution in [0.15, 0.2) is 30.6 Å². The molecule has 0 aromatic carbocycles. The minimum atomic E-state index is -0.974. The largest absolute Gasteiger partial charge is 0.474 e. The predicted molar refractivity (Wildman–Crippen MR) is 126 cm³/mol. The molecule has 4 heterocycles. The molecular formula is C26H28N4O4. The molecule has 3 aliphatic rings. The molecular weight excluding hydrogens is 432 g/mol. The van der Waals surface area contributed by atoms with Crippen molar-refractivity contribution in [1.82, 2.24) is 15.0 Å². The lowest BCUT2D eigenvalue weighted by molar-refractivity contribution is 0.0235. The zero-order chi connectivity index (χ0) is 23.6. The third kappa shape index (κ3) is 3.66. The third-order valence-corrected chi connectivity index (χ3v) is 7.28. The van der Waals surface area contributed by atoms with Gasteiger partial charge in [0.25, 0.3) is 0 Å². The van der Waals surface area contributed by atoms with E-state index in [4.69, 9.17) is 14.5 Å². The molecule has 2 N–H and O–H groups in total. The van der Waals surface area contributed by atoms with Crippen LogP contribution in [0.1, 0.15) is 74.0 Å². The molecule has 1 unspecified atom stereocenters. The molecule has 0 bridgehead atoms. The Morgan fingerprint density at radius 3 is 2.62 bits per heavy atom. The zero-order valence-corrected chi connectivity index (χ0v) is 19.5. The molecule has 34 heavy (non-hydrogen) atoms. The van der Waals surface area contributed by atoms with Gasteiger partial charge in [0.2, 0.25) is 5.88 Å². The molecule has 0 radical (unpaired) electrons. The molecule has 3 aromatic heterocycles. The molecule has 0 saturated heterocycles. The van der Waals surface area contributed by atoms with Crippen LogP contribution in [0.3, 0.4) is 0 Å². The Bertz CT molecular complexity index is 1300. The zero-order valence-electron chi connectivity index (χ0n) is 19.5. The van der Waals surface area contributed by atoms with Gasteiger partial charge in [0.15, 0.2) is 0 Å². The van der Waals surface area contributed by atoms with Crippen molar-refractivity contribution in [2.75, 3.05) is 5.32 Å². The highest BCUT2D eigenvalue weighted by Gasteiger charge is 2.42. The first-order valence-corrected chi connectivity index (χ1v) is 12.0. The standard InChI is InChI=1S/C26H28N4O4/c1-13-14(2)33-25(31)17-8-9-21(30-23(13)17)29-22-10-18-19(11-27-22)24(34-16-6-7-16)28-12-20(18)26(3,32)15-4-5-15/h8-16,32H,4-7H2,1-3H3,(H,27,29,30)/t13-,14-,26?/m0/s1. The number of hydrogen-bond acceptors (Lipinski definition) is 8. The predicted octanol–water partition coefficient (Wildman–Crippen LogP) is 4.59. The van der Waals surface area contributed by atoms with Gasteiger partial charge in [-0.15, -0.1) is 0 Å². The number of nitrogens with zero attached hydrogens (tertiary/aromatic N) is 3. The number of aliphatic hydroxyl groups is 1. The molecule has 0 amide bonds. The topological polar surface area (TPSA) is 106 Å². The van der Waals surface area contributed by atoms with Crippen molar-refractivity contribution in [2.45, 2.75) is 70.2 Å². The van der Waals surface area contributed by atoms with E-state index < -0.39 is 5.60 Å². The highest BCUT2D eigenvalue weighted by Crippen LogP contribution is 2.48. The summed E-state index contributed by atoms with van der Waals surface area (Å²) < 4.78 is 11.4. The SMILES string of the molecule is C[C@@H]1OC(=O)c2ccc(Nc3cc4c(C(C)(O)C5CC5)cnc(OC5CC5)c4cn3)nc2[C@H]1C. The van der Waals surface area contributed by atoms with Gasteiger partial charge in [-0.1, -0.05) is 6.92 Å². The molecule has 6 rings (SSSR count). The number of ether oxygens (including phenoxy) is 2. The highest BCUT2D eigenvalue weighted by molar-refractivity contribution is 5.93. The number of esters is 1. The van der Waals surface area contributed by atoms with Crippen LogP contribution in [-0.2, 0) is 10.3 Å². The lowest BCUT2D eigenvalue weighted by Crippen LogP contribution is -2.29. The first-order valence-electron chi connectivity index (χ1n) is 12.0. The van der Waals surface area contributed by atoms with Crippen molar-refractivity contribution in [3.05, 3.63) is 47.4 Å². The van der Waals surface area contributed by atoms with Crippen LogP contribution in [0.5, 0.6) is 5.88 Å². The second-order valence-corrected chi connectivity index (χ2v) is 9.98. The van der Waals surface area contributed by atoms with E-state index in [1.54, 1.807) is 24.5 Å². The third-order valence-electron chi connectivity index (χ3n) is 7.28. The molecule has 2 aliphatic carbocycles. The molecule has 2 saturated carbocycles. The summed E-state index contributed by atoms with van der Waals surface area (Å²) in [6.07, 6.45) is 7.54. The van der Waals surface area contributed by atoms with E-state index in [1.807, 2.05) is 26.8 Å². The second-order valence-electron chi connectivity index (χ2n) is 9.98. The van der Waals surface area contributed by atoms with Gasteiger partial charge in [-0.25, -0.2) is 19.7 Å². The van der Waals surface area contributed by atoms with Gasteiger partial charge < -0.3 is 19.9 Å². The lowest BCUT2D eigenvalue weighted by atomic mass is 9.89. The number of nitrogens with one attached hydrogen (secondary N) is 1. The monoisotopic (exact) mass is 460 g/mol. The smallest absolute Gasteiger partial charge is 0.340 e. The summed E-state index contributed by atoms with van der Waals surface area (Å²) in [6, 6.07) is 5.42. The summed E-state index contributed by atoms with van der Waals surface area (Å²) in [7, 11) is 0. The maximum atomic E-state index is 12.2. The molecule has 2 fully saturated rings. The first-order chi connectivity index (χ1) is 16.3. The van der Waals surface area contributed by atoms with Gasteiger partial charge in [-0.2, -0.15) is 0 Å². The van der Waals surface area contributed by atoms with E-state index in [1.165, 1.54) is 0 Å². The van der Waals surface area contributed by atoms with E-state index in [2.05, 4.69) is 15.3 Å². The number of carbonyl (C=O) groups excluding carboxylic acids is 1. The average molecular weight is 461 g/mol. The van der Waals surface area contributed by atoms with E-state index in [-0.39, 0.29) is 30.0 Å². The number of anilines is 2. The Labute approximate surface area is 197 Å². The van der Waals surface area contributed by atoms with Crippen molar-refractivity contribution in [3.63, 3.8) is 0 Å². The van der Waals surface area contributed by atoms with Crippen LogP contribution in [-0.4, -0.2) is 38.2 Å². The minimum absolute atomic E-state index is 0.00698. The normalized spacial score (nSPS) is 23.7. The summed E-state index contributed by atoms with van der Waals surface area (Å²) in [5.74, 6) is 1.62. The van der Waals surface area contributed by atoms with E-state index in [0.717, 1.165) is 47.7 Å². The maximum absolute atomic E-state index is 12.2. The summed E-state index contributed by atoms with van der Waals surface area (Å²) in [4.78, 5) is 26.1. The van der Waals surface area contributed by atoms with Crippen molar-refractivity contribution >= 4 is 28.4 Å². The summed E-state index contributed by atoms with van der Waals surface area (Å²) in [5, 5.41) is 16.3. The van der Waals surface area contributed by atoms with E-state index in [0.29, 0.717) is 23.1 Å². The summed E-state index contributed by atoms with van der Waals surface area (Å²) in [6.45, 7) is 5.74. The summed E-state index contributed by atoms with van der Waals surface area (Å²) >= 11 is 0. The van der Waals surface area contributed by atoms with Crippen LogP contribution in [0.2, 0.25) is 0 Å². The fraction of sp³-hybridized carbons (Fsp3) is 0.462. The number of rotatable bonds is 6. The first kappa shape index (κ1) is 21.3.